The van der Waals surface area contributed by atoms with E-state index in [0.29, 0.717) is 23.4 Å². The van der Waals surface area contributed by atoms with Crippen molar-refractivity contribution in [2.24, 2.45) is 13.0 Å². The Hall–Kier alpha value is -2.74. The molecule has 1 aromatic heterocycles. The van der Waals surface area contributed by atoms with Crippen molar-refractivity contribution in [1.29, 1.82) is 0 Å². The Balaban J connectivity index is 1.78. The number of nitro benzene ring substituents is 1. The van der Waals surface area contributed by atoms with Gasteiger partial charge in [0.15, 0.2) is 0 Å². The molecule has 1 aliphatic rings. The monoisotopic (exact) mass is 344 g/mol. The van der Waals surface area contributed by atoms with Gasteiger partial charge in [-0.25, -0.2) is 0 Å². The van der Waals surface area contributed by atoms with Crippen molar-refractivity contribution >= 4 is 11.6 Å². The summed E-state index contributed by atoms with van der Waals surface area (Å²) < 4.78 is 1.54. The lowest BCUT2D eigenvalue weighted by molar-refractivity contribution is -0.384. The smallest absolute Gasteiger partial charge is 0.269 e. The summed E-state index contributed by atoms with van der Waals surface area (Å²) in [4.78, 5) is 22.8. The van der Waals surface area contributed by atoms with Gasteiger partial charge in [0.05, 0.1) is 16.6 Å². The van der Waals surface area contributed by atoms with Crippen molar-refractivity contribution in [1.82, 2.24) is 15.1 Å². The number of nitrogens with zero attached hydrogens (tertiary/aromatic N) is 3. The summed E-state index contributed by atoms with van der Waals surface area (Å²) >= 11 is 0. The Labute approximate surface area is 144 Å². The molecule has 2 atom stereocenters. The molecule has 0 radical (unpaired) electrons. The summed E-state index contributed by atoms with van der Waals surface area (Å²) in [5, 5.41) is 27.8. The van der Waals surface area contributed by atoms with E-state index in [9.17, 15) is 20.0 Å². The molecule has 3 rings (SSSR count). The van der Waals surface area contributed by atoms with Crippen molar-refractivity contribution in [3.8, 4) is 11.3 Å². The number of carbonyl (C=O) groups is 1. The summed E-state index contributed by atoms with van der Waals surface area (Å²) in [7, 11) is 1.71. The third-order valence-corrected chi connectivity index (χ3v) is 4.57. The quantitative estimate of drug-likeness (QED) is 0.636. The number of carbonyl (C=O) groups excluding carboxylic acids is 1. The van der Waals surface area contributed by atoms with Crippen molar-refractivity contribution in [3.63, 3.8) is 0 Å². The lowest BCUT2D eigenvalue weighted by atomic mass is 10.1. The number of nitrogens with one attached hydrogen (secondary N) is 1. The number of aromatic nitrogens is 2. The van der Waals surface area contributed by atoms with E-state index in [-0.39, 0.29) is 23.6 Å². The van der Waals surface area contributed by atoms with Crippen LogP contribution in [0.1, 0.15) is 29.6 Å². The predicted molar refractivity (Wildman–Crippen MR) is 91.0 cm³/mol. The lowest BCUT2D eigenvalue weighted by Gasteiger charge is -2.15. The van der Waals surface area contributed by atoms with Crippen molar-refractivity contribution < 1.29 is 14.8 Å². The van der Waals surface area contributed by atoms with E-state index in [1.165, 1.54) is 16.8 Å². The molecule has 1 saturated carbocycles. The fourth-order valence-electron chi connectivity index (χ4n) is 3.18. The average molecular weight is 344 g/mol. The van der Waals surface area contributed by atoms with Crippen LogP contribution in [0.3, 0.4) is 0 Å². The molecule has 0 saturated heterocycles. The van der Waals surface area contributed by atoms with Crippen molar-refractivity contribution in [2.45, 2.75) is 25.4 Å². The molecule has 1 aromatic carbocycles. The van der Waals surface area contributed by atoms with Gasteiger partial charge in [0, 0.05) is 43.4 Å². The van der Waals surface area contributed by atoms with Gasteiger partial charge < -0.3 is 10.4 Å². The van der Waals surface area contributed by atoms with Crippen LogP contribution in [0, 0.1) is 16.0 Å². The molecule has 0 bridgehead atoms. The van der Waals surface area contributed by atoms with Gasteiger partial charge in [-0.1, -0.05) is 6.42 Å². The maximum atomic E-state index is 12.5. The molecule has 1 amide bonds. The highest BCUT2D eigenvalue weighted by Gasteiger charge is 2.26. The number of aryl methyl sites for hydroxylation is 1. The molecule has 2 unspecified atom stereocenters. The van der Waals surface area contributed by atoms with Crippen LogP contribution in [0.5, 0.6) is 0 Å². The van der Waals surface area contributed by atoms with Crippen LogP contribution in [-0.2, 0) is 7.05 Å². The van der Waals surface area contributed by atoms with Crippen LogP contribution in [0.25, 0.3) is 11.3 Å². The minimum absolute atomic E-state index is 0.0131. The fourth-order valence-corrected chi connectivity index (χ4v) is 3.18. The van der Waals surface area contributed by atoms with Gasteiger partial charge in [0.1, 0.15) is 5.69 Å². The maximum absolute atomic E-state index is 12.5. The first kappa shape index (κ1) is 17.1. The number of hydrogen-bond acceptors (Lipinski definition) is 5. The topological polar surface area (TPSA) is 110 Å². The third kappa shape index (κ3) is 3.69. The summed E-state index contributed by atoms with van der Waals surface area (Å²) in [5.74, 6) is -0.177. The van der Waals surface area contributed by atoms with E-state index < -0.39 is 4.92 Å². The molecular weight excluding hydrogens is 324 g/mol. The van der Waals surface area contributed by atoms with Crippen LogP contribution >= 0.6 is 0 Å². The van der Waals surface area contributed by atoms with Crippen LogP contribution in [-0.4, -0.2) is 38.4 Å². The van der Waals surface area contributed by atoms with Crippen LogP contribution in [0.2, 0.25) is 0 Å². The second-order valence-corrected chi connectivity index (χ2v) is 6.34. The number of hydrogen-bond donors (Lipinski definition) is 2. The Morgan fingerprint density at radius 2 is 2.12 bits per heavy atom. The second-order valence-electron chi connectivity index (χ2n) is 6.34. The summed E-state index contributed by atoms with van der Waals surface area (Å²) in [5.41, 5.74) is 1.50. The average Bonchev–Trinajstić information content (AvgIpc) is 3.18. The summed E-state index contributed by atoms with van der Waals surface area (Å²) in [6.45, 7) is 0.425. The molecule has 1 fully saturated rings. The number of non-ortho nitro benzene ring substituents is 1. The van der Waals surface area contributed by atoms with Gasteiger partial charge in [0.25, 0.3) is 11.6 Å². The zero-order valence-electron chi connectivity index (χ0n) is 13.9. The summed E-state index contributed by atoms with van der Waals surface area (Å²) in [6, 6.07) is 5.94. The van der Waals surface area contributed by atoms with Gasteiger partial charge in [-0.2, -0.15) is 5.10 Å². The van der Waals surface area contributed by atoms with E-state index in [1.807, 2.05) is 0 Å². The van der Waals surface area contributed by atoms with Gasteiger partial charge in [-0.3, -0.25) is 19.6 Å². The SMILES string of the molecule is Cn1cc(C(=O)NCC2CCCC2O)c(-c2ccc([N+](=O)[O-])cc2)n1. The lowest BCUT2D eigenvalue weighted by Crippen LogP contribution is -2.32. The first-order valence-electron chi connectivity index (χ1n) is 8.20. The minimum atomic E-state index is -0.470. The first-order chi connectivity index (χ1) is 12.0. The van der Waals surface area contributed by atoms with Crippen molar-refractivity contribution in [2.75, 3.05) is 6.54 Å². The maximum Gasteiger partial charge on any atom is 0.269 e. The highest BCUT2D eigenvalue weighted by atomic mass is 16.6. The van der Waals surface area contributed by atoms with E-state index in [1.54, 1.807) is 25.4 Å². The molecule has 0 aliphatic heterocycles. The van der Waals surface area contributed by atoms with Gasteiger partial charge in [-0.05, 0) is 25.0 Å². The van der Waals surface area contributed by atoms with Gasteiger partial charge in [-0.15, -0.1) is 0 Å². The van der Waals surface area contributed by atoms with Crippen LogP contribution < -0.4 is 5.32 Å². The molecule has 8 nitrogen and oxygen atoms in total. The van der Waals surface area contributed by atoms with E-state index >= 15 is 0 Å². The van der Waals surface area contributed by atoms with Crippen LogP contribution in [0.4, 0.5) is 5.69 Å². The molecule has 8 heteroatoms. The van der Waals surface area contributed by atoms with Gasteiger partial charge >= 0.3 is 0 Å². The Morgan fingerprint density at radius 1 is 1.40 bits per heavy atom. The van der Waals surface area contributed by atoms with E-state index in [4.69, 9.17) is 0 Å². The number of aliphatic hydroxyl groups is 1. The van der Waals surface area contributed by atoms with E-state index in [0.717, 1.165) is 19.3 Å². The number of aliphatic hydroxyl groups excluding tert-OH is 1. The molecule has 132 valence electrons. The molecule has 25 heavy (non-hydrogen) atoms. The fraction of sp³-hybridized carbons (Fsp3) is 0.412. The zero-order chi connectivity index (χ0) is 18.0. The standard InChI is InChI=1S/C17H20N4O4/c1-20-10-14(17(23)18-9-12-3-2-4-15(12)22)16(19-20)11-5-7-13(8-6-11)21(24)25/h5-8,10,12,15,22H,2-4,9H2,1H3,(H,18,23). The van der Waals surface area contributed by atoms with E-state index in [2.05, 4.69) is 10.4 Å². The number of rotatable bonds is 5. The Kier molecular flexibility index (Phi) is 4.80. The largest absolute Gasteiger partial charge is 0.393 e. The molecule has 0 spiro atoms. The predicted octanol–water partition coefficient (Wildman–Crippen LogP) is 1.89. The molecule has 2 N–H and O–H groups in total. The highest BCUT2D eigenvalue weighted by Crippen LogP contribution is 2.26. The minimum Gasteiger partial charge on any atom is -0.393 e. The number of nitro groups is 1. The third-order valence-electron chi connectivity index (χ3n) is 4.57. The normalized spacial score (nSPS) is 19.8. The highest BCUT2D eigenvalue weighted by molar-refractivity contribution is 5.99. The van der Waals surface area contributed by atoms with Crippen molar-refractivity contribution in [3.05, 3.63) is 46.1 Å². The Bertz CT molecular complexity index is 784. The number of benzene rings is 1. The Morgan fingerprint density at radius 3 is 2.72 bits per heavy atom. The number of amides is 1. The zero-order valence-corrected chi connectivity index (χ0v) is 13.9. The molecule has 1 aliphatic carbocycles. The molecular formula is C17H20N4O4. The molecule has 1 heterocycles. The second kappa shape index (κ2) is 7.02. The summed E-state index contributed by atoms with van der Waals surface area (Å²) in [6.07, 6.45) is 3.92. The van der Waals surface area contributed by atoms with Crippen LogP contribution in [0.15, 0.2) is 30.5 Å². The molecule has 2 aromatic rings. The first-order valence-corrected chi connectivity index (χ1v) is 8.20. The van der Waals surface area contributed by atoms with Gasteiger partial charge in [0.2, 0.25) is 0 Å².